The molecule has 3 nitrogen and oxygen atoms in total. The molecule has 0 spiro atoms. The first-order chi connectivity index (χ1) is 7.65. The quantitative estimate of drug-likeness (QED) is 0.799. The van der Waals surface area contributed by atoms with Crippen molar-refractivity contribution in [3.8, 4) is 5.75 Å². The van der Waals surface area contributed by atoms with Crippen molar-refractivity contribution in [2.24, 2.45) is 0 Å². The molecule has 1 atom stereocenters. The Bertz CT molecular complexity index is 375. The van der Waals surface area contributed by atoms with Crippen molar-refractivity contribution in [3.05, 3.63) is 29.6 Å². The van der Waals surface area contributed by atoms with Gasteiger partial charge in [-0.2, -0.15) is 0 Å². The molecule has 1 fully saturated rings. The zero-order valence-electron chi connectivity index (χ0n) is 9.29. The lowest BCUT2D eigenvalue weighted by molar-refractivity contribution is 0.00996. The number of methoxy groups -OCH3 is 1. The minimum Gasteiger partial charge on any atom is -0.496 e. The molecule has 1 aliphatic rings. The van der Waals surface area contributed by atoms with E-state index in [1.807, 2.05) is 0 Å². The van der Waals surface area contributed by atoms with Gasteiger partial charge in [-0.15, -0.1) is 0 Å². The van der Waals surface area contributed by atoms with Crippen molar-refractivity contribution in [3.63, 3.8) is 0 Å². The molecular formula is C12H16FNO2. The molecule has 1 saturated heterocycles. The molecule has 2 rings (SSSR count). The maximum absolute atomic E-state index is 13.2. The van der Waals surface area contributed by atoms with Gasteiger partial charge in [0.25, 0.3) is 0 Å². The molecule has 1 heterocycles. The van der Waals surface area contributed by atoms with E-state index in [1.165, 1.54) is 19.2 Å². The van der Waals surface area contributed by atoms with Crippen molar-refractivity contribution in [2.75, 3.05) is 20.2 Å². The molecule has 0 radical (unpaired) electrons. The van der Waals surface area contributed by atoms with Gasteiger partial charge in [0, 0.05) is 12.1 Å². The van der Waals surface area contributed by atoms with E-state index in [0.717, 1.165) is 13.0 Å². The van der Waals surface area contributed by atoms with Crippen LogP contribution in [0.15, 0.2) is 18.2 Å². The van der Waals surface area contributed by atoms with E-state index >= 15 is 0 Å². The van der Waals surface area contributed by atoms with Gasteiger partial charge in [-0.1, -0.05) is 0 Å². The molecular weight excluding hydrogens is 209 g/mol. The van der Waals surface area contributed by atoms with E-state index in [9.17, 15) is 9.50 Å². The molecule has 88 valence electrons. The molecule has 1 aromatic carbocycles. The highest BCUT2D eigenvalue weighted by Gasteiger charge is 2.34. The lowest BCUT2D eigenvalue weighted by Crippen LogP contribution is -2.43. The predicted octanol–water partition coefficient (Wildman–Crippen LogP) is 1.41. The SMILES string of the molecule is COc1ccc(F)cc1C1(O)CCCNC1. The monoisotopic (exact) mass is 225 g/mol. The molecule has 0 aliphatic carbocycles. The average Bonchev–Trinajstić information content (AvgIpc) is 2.30. The summed E-state index contributed by atoms with van der Waals surface area (Å²) in [5.41, 5.74) is -0.492. The van der Waals surface area contributed by atoms with Crippen LogP contribution in [0, 0.1) is 5.82 Å². The van der Waals surface area contributed by atoms with Gasteiger partial charge < -0.3 is 15.2 Å². The number of hydrogen-bond donors (Lipinski definition) is 2. The van der Waals surface area contributed by atoms with Gasteiger partial charge in [-0.3, -0.25) is 0 Å². The molecule has 1 unspecified atom stereocenters. The second kappa shape index (κ2) is 4.39. The maximum atomic E-state index is 13.2. The van der Waals surface area contributed by atoms with Crippen LogP contribution < -0.4 is 10.1 Å². The van der Waals surface area contributed by atoms with E-state index in [-0.39, 0.29) is 5.82 Å². The van der Waals surface area contributed by atoms with Crippen LogP contribution in [0.2, 0.25) is 0 Å². The van der Waals surface area contributed by atoms with Crippen LogP contribution in [-0.2, 0) is 5.60 Å². The Balaban J connectivity index is 2.40. The highest BCUT2D eigenvalue weighted by atomic mass is 19.1. The topological polar surface area (TPSA) is 41.5 Å². The Labute approximate surface area is 94.2 Å². The third-order valence-corrected chi connectivity index (χ3v) is 3.02. The van der Waals surface area contributed by atoms with E-state index in [1.54, 1.807) is 6.07 Å². The fourth-order valence-electron chi connectivity index (χ4n) is 2.16. The van der Waals surface area contributed by atoms with Crippen molar-refractivity contribution >= 4 is 0 Å². The maximum Gasteiger partial charge on any atom is 0.125 e. The van der Waals surface area contributed by atoms with Crippen LogP contribution in [0.5, 0.6) is 5.75 Å². The minimum atomic E-state index is -1.02. The van der Waals surface area contributed by atoms with Crippen LogP contribution in [-0.4, -0.2) is 25.3 Å². The van der Waals surface area contributed by atoms with Crippen molar-refractivity contribution in [1.29, 1.82) is 0 Å². The van der Waals surface area contributed by atoms with Crippen molar-refractivity contribution < 1.29 is 14.2 Å². The second-order valence-electron chi connectivity index (χ2n) is 4.16. The predicted molar refractivity (Wildman–Crippen MR) is 59.0 cm³/mol. The zero-order valence-corrected chi connectivity index (χ0v) is 9.29. The second-order valence-corrected chi connectivity index (χ2v) is 4.16. The lowest BCUT2D eigenvalue weighted by Gasteiger charge is -2.34. The normalized spacial score (nSPS) is 25.4. The number of hydrogen-bond acceptors (Lipinski definition) is 3. The number of halogens is 1. The van der Waals surface area contributed by atoms with Gasteiger partial charge in [0.15, 0.2) is 0 Å². The largest absolute Gasteiger partial charge is 0.496 e. The first kappa shape index (κ1) is 11.4. The van der Waals surface area contributed by atoms with Crippen LogP contribution in [0.4, 0.5) is 4.39 Å². The number of nitrogens with one attached hydrogen (secondary N) is 1. The molecule has 0 saturated carbocycles. The first-order valence-corrected chi connectivity index (χ1v) is 5.43. The molecule has 16 heavy (non-hydrogen) atoms. The van der Waals surface area contributed by atoms with Gasteiger partial charge in [-0.25, -0.2) is 4.39 Å². The average molecular weight is 225 g/mol. The number of rotatable bonds is 2. The standard InChI is InChI=1S/C12H16FNO2/c1-16-11-4-3-9(13)7-10(11)12(15)5-2-6-14-8-12/h3-4,7,14-15H,2,5-6,8H2,1H3. The van der Waals surface area contributed by atoms with Crippen molar-refractivity contribution in [1.82, 2.24) is 5.32 Å². The van der Waals surface area contributed by atoms with E-state index in [4.69, 9.17) is 4.74 Å². The fraction of sp³-hybridized carbons (Fsp3) is 0.500. The lowest BCUT2D eigenvalue weighted by atomic mass is 9.86. The Morgan fingerprint density at radius 1 is 1.50 bits per heavy atom. The number of aliphatic hydroxyl groups is 1. The van der Waals surface area contributed by atoms with E-state index in [2.05, 4.69) is 5.32 Å². The summed E-state index contributed by atoms with van der Waals surface area (Å²) in [5, 5.41) is 13.6. The highest BCUT2D eigenvalue weighted by molar-refractivity contribution is 5.39. The molecule has 4 heteroatoms. The van der Waals surface area contributed by atoms with Crippen molar-refractivity contribution in [2.45, 2.75) is 18.4 Å². The summed E-state index contributed by atoms with van der Waals surface area (Å²) >= 11 is 0. The summed E-state index contributed by atoms with van der Waals surface area (Å²) in [6, 6.07) is 4.24. The third kappa shape index (κ3) is 2.03. The number of piperidine rings is 1. The summed E-state index contributed by atoms with van der Waals surface area (Å²) in [5.74, 6) is 0.183. The number of β-amino-alcohol motifs (C(OH)–C–C–N with tert-alkyl or cyclic N) is 1. The van der Waals surface area contributed by atoms with Crippen LogP contribution in [0.3, 0.4) is 0 Å². The summed E-state index contributed by atoms with van der Waals surface area (Å²) in [6.07, 6.45) is 1.50. The van der Waals surface area contributed by atoms with Gasteiger partial charge in [0.05, 0.1) is 7.11 Å². The molecule has 2 N–H and O–H groups in total. The number of ether oxygens (including phenoxy) is 1. The van der Waals surface area contributed by atoms with E-state index < -0.39 is 5.60 Å². The molecule has 0 bridgehead atoms. The molecule has 1 aliphatic heterocycles. The van der Waals surface area contributed by atoms with Gasteiger partial charge >= 0.3 is 0 Å². The highest BCUT2D eigenvalue weighted by Crippen LogP contribution is 2.35. The van der Waals surface area contributed by atoms with E-state index in [0.29, 0.717) is 24.3 Å². The molecule has 0 amide bonds. The smallest absolute Gasteiger partial charge is 0.125 e. The summed E-state index contributed by atoms with van der Waals surface area (Å²) in [6.45, 7) is 1.33. The Hall–Kier alpha value is -1.13. The summed E-state index contributed by atoms with van der Waals surface area (Å²) in [4.78, 5) is 0. The molecule has 0 aromatic heterocycles. The van der Waals surface area contributed by atoms with Crippen LogP contribution in [0.25, 0.3) is 0 Å². The Morgan fingerprint density at radius 2 is 2.31 bits per heavy atom. The zero-order chi connectivity index (χ0) is 11.6. The van der Waals surface area contributed by atoms with Gasteiger partial charge in [-0.05, 0) is 37.6 Å². The third-order valence-electron chi connectivity index (χ3n) is 3.02. The van der Waals surface area contributed by atoms with Gasteiger partial charge in [0.2, 0.25) is 0 Å². The summed E-state index contributed by atoms with van der Waals surface area (Å²) < 4.78 is 18.4. The van der Waals surface area contributed by atoms with Gasteiger partial charge in [0.1, 0.15) is 17.2 Å². The minimum absolute atomic E-state index is 0.352. The summed E-state index contributed by atoms with van der Waals surface area (Å²) in [7, 11) is 1.52. The first-order valence-electron chi connectivity index (χ1n) is 5.43. The Kier molecular flexibility index (Phi) is 3.12. The Morgan fingerprint density at radius 3 is 2.94 bits per heavy atom. The van der Waals surface area contributed by atoms with Crippen LogP contribution >= 0.6 is 0 Å². The van der Waals surface area contributed by atoms with Crippen LogP contribution in [0.1, 0.15) is 18.4 Å². The fourth-order valence-corrected chi connectivity index (χ4v) is 2.16. The number of benzene rings is 1. The molecule has 1 aromatic rings.